The van der Waals surface area contributed by atoms with Crippen LogP contribution in [0.5, 0.6) is 0 Å². The molecule has 1 rings (SSSR count). The van der Waals surface area contributed by atoms with Gasteiger partial charge in [-0.3, -0.25) is 19.2 Å². The number of nitrogens with one attached hydrogen (secondary N) is 3. The molecule has 0 aliphatic heterocycles. The number of aliphatic hydroxyl groups is 2. The number of aliphatic hydroxyl groups excluding tert-OH is 2. The van der Waals surface area contributed by atoms with Crippen molar-refractivity contribution >= 4 is 29.6 Å². The lowest BCUT2D eigenvalue weighted by Gasteiger charge is -2.27. The summed E-state index contributed by atoms with van der Waals surface area (Å²) in [5.74, 6) is -5.12. The molecule has 188 valence electrons. The Morgan fingerprint density at radius 3 is 1.85 bits per heavy atom. The van der Waals surface area contributed by atoms with Gasteiger partial charge in [-0.2, -0.15) is 0 Å². The third-order valence-electron chi connectivity index (χ3n) is 4.78. The summed E-state index contributed by atoms with van der Waals surface area (Å²) in [5, 5.41) is 35.5. The summed E-state index contributed by atoms with van der Waals surface area (Å²) < 4.78 is 0. The summed E-state index contributed by atoms with van der Waals surface area (Å²) in [4.78, 5) is 60.2. The van der Waals surface area contributed by atoms with Gasteiger partial charge in [0.05, 0.1) is 24.7 Å². The lowest BCUT2D eigenvalue weighted by atomic mass is 10.0. The van der Waals surface area contributed by atoms with E-state index in [1.54, 1.807) is 30.3 Å². The molecule has 10 N–H and O–H groups in total. The largest absolute Gasteiger partial charge is 0.480 e. The minimum atomic E-state index is -1.68. The number of carboxylic acid groups (broad SMARTS) is 1. The van der Waals surface area contributed by atoms with Crippen molar-refractivity contribution in [3.63, 3.8) is 0 Å². The molecule has 0 aliphatic carbocycles. The number of carboxylic acids is 1. The van der Waals surface area contributed by atoms with Crippen LogP contribution in [0.25, 0.3) is 0 Å². The van der Waals surface area contributed by atoms with E-state index in [1.807, 2.05) is 0 Å². The van der Waals surface area contributed by atoms with Gasteiger partial charge in [-0.25, -0.2) is 4.79 Å². The van der Waals surface area contributed by atoms with Gasteiger partial charge < -0.3 is 42.7 Å². The van der Waals surface area contributed by atoms with Crippen LogP contribution < -0.4 is 27.4 Å². The molecule has 0 spiro atoms. The van der Waals surface area contributed by atoms with Crippen molar-refractivity contribution in [1.29, 1.82) is 0 Å². The third-order valence-corrected chi connectivity index (χ3v) is 4.78. The van der Waals surface area contributed by atoms with Crippen LogP contribution in [0.4, 0.5) is 0 Å². The number of primary amides is 1. The highest BCUT2D eigenvalue weighted by molar-refractivity contribution is 5.95. The topological polar surface area (TPSA) is 234 Å². The predicted octanol–water partition coefficient (Wildman–Crippen LogP) is -3.27. The minimum absolute atomic E-state index is 0.0265. The summed E-state index contributed by atoms with van der Waals surface area (Å²) in [6, 6.07) is 2.66. The van der Waals surface area contributed by atoms with E-state index in [-0.39, 0.29) is 6.42 Å². The van der Waals surface area contributed by atoms with Gasteiger partial charge >= 0.3 is 5.97 Å². The molecule has 6 unspecified atom stereocenters. The Labute approximate surface area is 195 Å². The molecule has 0 saturated heterocycles. The van der Waals surface area contributed by atoms with Crippen LogP contribution in [0.3, 0.4) is 0 Å². The number of nitrogens with two attached hydrogens (primary N) is 2. The van der Waals surface area contributed by atoms with Crippen molar-refractivity contribution in [2.24, 2.45) is 11.5 Å². The van der Waals surface area contributed by atoms with Crippen LogP contribution in [-0.4, -0.2) is 81.3 Å². The molecule has 0 aliphatic rings. The van der Waals surface area contributed by atoms with E-state index in [1.165, 1.54) is 6.92 Å². The van der Waals surface area contributed by atoms with Crippen LogP contribution in [0.1, 0.15) is 25.8 Å². The molecular formula is C21H31N5O8. The SMILES string of the molecule is CC(O)C(NC(=O)C(NC(=O)C(Cc1ccccc1)NC(=O)C(N)CC(N)=O)C(C)O)C(=O)O. The van der Waals surface area contributed by atoms with Crippen molar-refractivity contribution in [2.45, 2.75) is 63.1 Å². The Kier molecular flexibility index (Phi) is 11.1. The zero-order valence-electron chi connectivity index (χ0n) is 18.8. The first-order valence-corrected chi connectivity index (χ1v) is 10.4. The summed E-state index contributed by atoms with van der Waals surface area (Å²) in [6.07, 6.45) is -3.40. The van der Waals surface area contributed by atoms with Crippen molar-refractivity contribution < 1.29 is 39.3 Å². The van der Waals surface area contributed by atoms with Crippen LogP contribution in [-0.2, 0) is 30.4 Å². The van der Waals surface area contributed by atoms with Crippen molar-refractivity contribution in [1.82, 2.24) is 16.0 Å². The highest BCUT2D eigenvalue weighted by Gasteiger charge is 2.34. The Morgan fingerprint density at radius 1 is 0.853 bits per heavy atom. The molecule has 1 aromatic rings. The van der Waals surface area contributed by atoms with E-state index in [0.29, 0.717) is 5.56 Å². The van der Waals surface area contributed by atoms with Gasteiger partial charge in [-0.1, -0.05) is 30.3 Å². The Hall–Kier alpha value is -3.55. The van der Waals surface area contributed by atoms with Gasteiger partial charge in [0.2, 0.25) is 23.6 Å². The zero-order chi connectivity index (χ0) is 26.0. The molecule has 4 amide bonds. The summed E-state index contributed by atoms with van der Waals surface area (Å²) in [7, 11) is 0. The maximum atomic E-state index is 13.0. The van der Waals surface area contributed by atoms with Gasteiger partial charge in [-0.05, 0) is 19.4 Å². The van der Waals surface area contributed by atoms with E-state index in [2.05, 4.69) is 16.0 Å². The average molecular weight is 482 g/mol. The van der Waals surface area contributed by atoms with Crippen molar-refractivity contribution in [2.75, 3.05) is 0 Å². The molecule has 0 fully saturated rings. The molecule has 0 bridgehead atoms. The van der Waals surface area contributed by atoms with Gasteiger partial charge in [0.1, 0.15) is 12.1 Å². The number of amides is 4. The number of benzene rings is 1. The second-order valence-electron chi connectivity index (χ2n) is 7.82. The molecular weight excluding hydrogens is 450 g/mol. The van der Waals surface area contributed by atoms with Crippen LogP contribution >= 0.6 is 0 Å². The monoisotopic (exact) mass is 481 g/mol. The molecule has 0 radical (unpaired) electrons. The maximum Gasteiger partial charge on any atom is 0.328 e. The lowest BCUT2D eigenvalue weighted by Crippen LogP contribution is -2.61. The van der Waals surface area contributed by atoms with Gasteiger partial charge in [0.15, 0.2) is 6.04 Å². The van der Waals surface area contributed by atoms with Crippen LogP contribution in [0.2, 0.25) is 0 Å². The molecule has 0 saturated carbocycles. The first kappa shape index (κ1) is 28.5. The summed E-state index contributed by atoms with van der Waals surface area (Å²) in [5.41, 5.74) is 11.3. The fraction of sp³-hybridized carbons (Fsp3) is 0.476. The van der Waals surface area contributed by atoms with Crippen molar-refractivity contribution in [3.8, 4) is 0 Å². The quantitative estimate of drug-likeness (QED) is 0.141. The van der Waals surface area contributed by atoms with Crippen molar-refractivity contribution in [3.05, 3.63) is 35.9 Å². The number of aliphatic carboxylic acids is 1. The van der Waals surface area contributed by atoms with Gasteiger partial charge in [-0.15, -0.1) is 0 Å². The molecule has 0 heterocycles. The van der Waals surface area contributed by atoms with E-state index < -0.39 is 72.4 Å². The number of hydrogen-bond donors (Lipinski definition) is 8. The van der Waals surface area contributed by atoms with Gasteiger partial charge in [0, 0.05) is 6.42 Å². The third kappa shape index (κ3) is 9.13. The Bertz CT molecular complexity index is 877. The average Bonchev–Trinajstić information content (AvgIpc) is 2.74. The molecule has 34 heavy (non-hydrogen) atoms. The normalized spacial score (nSPS) is 16.1. The van der Waals surface area contributed by atoms with Crippen LogP contribution in [0.15, 0.2) is 30.3 Å². The van der Waals surface area contributed by atoms with E-state index >= 15 is 0 Å². The molecule has 1 aromatic carbocycles. The predicted molar refractivity (Wildman–Crippen MR) is 119 cm³/mol. The molecule has 6 atom stereocenters. The fourth-order valence-electron chi connectivity index (χ4n) is 2.94. The first-order valence-electron chi connectivity index (χ1n) is 10.4. The fourth-order valence-corrected chi connectivity index (χ4v) is 2.94. The second-order valence-corrected chi connectivity index (χ2v) is 7.82. The second kappa shape index (κ2) is 13.2. The zero-order valence-corrected chi connectivity index (χ0v) is 18.8. The van der Waals surface area contributed by atoms with Crippen LogP contribution in [0, 0.1) is 0 Å². The lowest BCUT2D eigenvalue weighted by molar-refractivity contribution is -0.146. The highest BCUT2D eigenvalue weighted by Crippen LogP contribution is 2.06. The molecule has 0 aromatic heterocycles. The maximum absolute atomic E-state index is 13.0. The number of carbonyl (C=O) groups excluding carboxylic acids is 4. The first-order chi connectivity index (χ1) is 15.8. The minimum Gasteiger partial charge on any atom is -0.480 e. The molecule has 13 heteroatoms. The van der Waals surface area contributed by atoms with Gasteiger partial charge in [0.25, 0.3) is 0 Å². The summed E-state index contributed by atoms with van der Waals surface area (Å²) >= 11 is 0. The van der Waals surface area contributed by atoms with E-state index in [0.717, 1.165) is 6.92 Å². The molecule has 13 nitrogen and oxygen atoms in total. The standard InChI is InChI=1S/C21H31N5O8/c1-10(27)16(20(32)26-17(11(2)28)21(33)34)25-19(31)14(8-12-6-4-3-5-7-12)24-18(30)13(22)9-15(23)29/h3-7,10-11,13-14,16-17,27-28H,8-9,22H2,1-2H3,(H2,23,29)(H,24,30)(H,25,31)(H,26,32)(H,33,34). The number of hydrogen-bond acceptors (Lipinski definition) is 8. The Morgan fingerprint density at radius 2 is 1.38 bits per heavy atom. The van der Waals surface area contributed by atoms with E-state index in [4.69, 9.17) is 16.6 Å². The number of rotatable bonds is 13. The van der Waals surface area contributed by atoms with E-state index in [9.17, 15) is 34.2 Å². The number of carbonyl (C=O) groups is 5. The summed E-state index contributed by atoms with van der Waals surface area (Å²) in [6.45, 7) is 2.34. The smallest absolute Gasteiger partial charge is 0.328 e. The highest BCUT2D eigenvalue weighted by atomic mass is 16.4. The Balaban J connectivity index is 3.08.